The van der Waals surface area contributed by atoms with E-state index in [0.29, 0.717) is 0 Å². The van der Waals surface area contributed by atoms with Crippen LogP contribution in [-0.2, 0) is 6.42 Å². The third kappa shape index (κ3) is 3.79. The van der Waals surface area contributed by atoms with Gasteiger partial charge in [-0.3, -0.25) is 4.57 Å². The molecule has 1 unspecified atom stereocenters. The number of nitrogens with one attached hydrogen (secondary N) is 2. The molecule has 0 fully saturated rings. The van der Waals surface area contributed by atoms with Gasteiger partial charge in [-0.25, -0.2) is 9.89 Å². The van der Waals surface area contributed by atoms with E-state index in [2.05, 4.69) is 39.8 Å². The van der Waals surface area contributed by atoms with E-state index in [1.54, 1.807) is 10.9 Å². The lowest BCUT2D eigenvalue weighted by atomic mass is 10.0. The topological polar surface area (TPSA) is 62.7 Å². The molecule has 1 aromatic carbocycles. The first-order valence-electron chi connectivity index (χ1n) is 6.61. The van der Waals surface area contributed by atoms with E-state index in [-0.39, 0.29) is 11.7 Å². The number of aromatic amines is 1. The van der Waals surface area contributed by atoms with Gasteiger partial charge in [0.15, 0.2) is 0 Å². The Morgan fingerprint density at radius 3 is 2.79 bits per heavy atom. The number of aryl methyl sites for hydroxylation is 1. The van der Waals surface area contributed by atoms with Crippen LogP contribution in [0.3, 0.4) is 0 Å². The molecule has 0 aliphatic heterocycles. The highest BCUT2D eigenvalue weighted by Gasteiger charge is 2.12. The van der Waals surface area contributed by atoms with Crippen molar-refractivity contribution in [2.75, 3.05) is 13.6 Å². The monoisotopic (exact) mass is 260 g/mol. The molecule has 0 saturated carbocycles. The number of hydrogen-bond donors (Lipinski definition) is 2. The zero-order chi connectivity index (χ0) is 13.5. The zero-order valence-corrected chi connectivity index (χ0v) is 11.2. The van der Waals surface area contributed by atoms with Crippen LogP contribution in [0.25, 0.3) is 0 Å². The van der Waals surface area contributed by atoms with E-state index in [4.69, 9.17) is 0 Å². The van der Waals surface area contributed by atoms with Gasteiger partial charge in [-0.1, -0.05) is 30.3 Å². The summed E-state index contributed by atoms with van der Waals surface area (Å²) in [4.78, 5) is 11.6. The molecule has 19 heavy (non-hydrogen) atoms. The van der Waals surface area contributed by atoms with Crippen molar-refractivity contribution in [2.45, 2.75) is 25.3 Å². The van der Waals surface area contributed by atoms with Crippen LogP contribution in [0.1, 0.15) is 24.4 Å². The Kier molecular flexibility index (Phi) is 4.92. The summed E-state index contributed by atoms with van der Waals surface area (Å²) in [6.07, 6.45) is 4.61. The molecule has 1 aromatic heterocycles. The highest BCUT2D eigenvalue weighted by molar-refractivity contribution is 5.14. The molecule has 0 radical (unpaired) electrons. The van der Waals surface area contributed by atoms with Crippen molar-refractivity contribution in [3.05, 3.63) is 52.7 Å². The van der Waals surface area contributed by atoms with Gasteiger partial charge in [-0.15, -0.1) is 0 Å². The third-order valence-electron chi connectivity index (χ3n) is 3.26. The number of benzene rings is 1. The summed E-state index contributed by atoms with van der Waals surface area (Å²) in [5.74, 6) is 0. The van der Waals surface area contributed by atoms with Gasteiger partial charge in [-0.05, 0) is 31.9 Å². The zero-order valence-electron chi connectivity index (χ0n) is 11.2. The predicted molar refractivity (Wildman–Crippen MR) is 75.2 cm³/mol. The molecule has 1 atom stereocenters. The summed E-state index contributed by atoms with van der Waals surface area (Å²) in [5.41, 5.74) is 1.20. The Morgan fingerprint density at radius 1 is 1.37 bits per heavy atom. The van der Waals surface area contributed by atoms with Crippen molar-refractivity contribution < 1.29 is 0 Å². The maximum Gasteiger partial charge on any atom is 0.343 e. The Morgan fingerprint density at radius 2 is 2.16 bits per heavy atom. The van der Waals surface area contributed by atoms with Crippen LogP contribution in [-0.4, -0.2) is 28.4 Å². The van der Waals surface area contributed by atoms with E-state index in [1.807, 2.05) is 13.1 Å². The number of rotatable bonds is 7. The molecular formula is C14H20N4O. The van der Waals surface area contributed by atoms with Crippen molar-refractivity contribution in [2.24, 2.45) is 0 Å². The quantitative estimate of drug-likeness (QED) is 0.790. The number of nitrogens with zero attached hydrogens (tertiary/aromatic N) is 2. The van der Waals surface area contributed by atoms with E-state index in [1.165, 1.54) is 5.56 Å². The van der Waals surface area contributed by atoms with Crippen LogP contribution < -0.4 is 11.0 Å². The molecule has 2 aromatic rings. The van der Waals surface area contributed by atoms with Crippen LogP contribution in [0.5, 0.6) is 0 Å². The molecule has 0 aliphatic rings. The summed E-state index contributed by atoms with van der Waals surface area (Å²) < 4.78 is 1.67. The summed E-state index contributed by atoms with van der Waals surface area (Å²) in [7, 11) is 1.90. The highest BCUT2D eigenvalue weighted by atomic mass is 16.1. The summed E-state index contributed by atoms with van der Waals surface area (Å²) >= 11 is 0. The maximum absolute atomic E-state index is 11.6. The Balaban J connectivity index is 1.91. The molecule has 102 valence electrons. The summed E-state index contributed by atoms with van der Waals surface area (Å²) in [6, 6.07) is 10.6. The lowest BCUT2D eigenvalue weighted by Gasteiger charge is -2.16. The molecule has 0 aliphatic carbocycles. The Bertz CT molecular complexity index is 532. The summed E-state index contributed by atoms with van der Waals surface area (Å²) in [5, 5.41) is 9.36. The van der Waals surface area contributed by atoms with Gasteiger partial charge in [0.2, 0.25) is 0 Å². The first-order chi connectivity index (χ1) is 9.31. The second kappa shape index (κ2) is 6.89. The molecule has 0 saturated heterocycles. The fraction of sp³-hybridized carbons (Fsp3) is 0.429. The fourth-order valence-electron chi connectivity index (χ4n) is 2.28. The second-order valence-corrected chi connectivity index (χ2v) is 4.66. The standard InChI is InChI=1S/C14H20N4O/c1-15-10-13(18-11-16-17-14(18)19)9-5-8-12-6-3-2-4-7-12/h2-4,6-7,11,13,15H,5,8-10H2,1H3,(H,17,19). The first-order valence-corrected chi connectivity index (χ1v) is 6.61. The van der Waals surface area contributed by atoms with E-state index in [9.17, 15) is 4.79 Å². The first kappa shape index (κ1) is 13.5. The van der Waals surface area contributed by atoms with E-state index >= 15 is 0 Å². The molecule has 0 amide bonds. The van der Waals surface area contributed by atoms with Crippen LogP contribution in [0.2, 0.25) is 0 Å². The van der Waals surface area contributed by atoms with E-state index in [0.717, 1.165) is 25.8 Å². The van der Waals surface area contributed by atoms with Gasteiger partial charge in [0.25, 0.3) is 0 Å². The van der Waals surface area contributed by atoms with Crippen LogP contribution in [0.15, 0.2) is 41.5 Å². The smallest absolute Gasteiger partial charge is 0.318 e. The van der Waals surface area contributed by atoms with Crippen molar-refractivity contribution >= 4 is 0 Å². The number of aromatic nitrogens is 3. The predicted octanol–water partition coefficient (Wildman–Crippen LogP) is 1.35. The number of likely N-dealkylation sites (N-methyl/N-ethyl adjacent to an activating group) is 1. The van der Waals surface area contributed by atoms with Gasteiger partial charge in [-0.2, -0.15) is 5.10 Å². The van der Waals surface area contributed by atoms with Crippen molar-refractivity contribution in [1.82, 2.24) is 20.1 Å². The normalized spacial score (nSPS) is 12.5. The minimum absolute atomic E-state index is 0.139. The van der Waals surface area contributed by atoms with Crippen LogP contribution >= 0.6 is 0 Å². The third-order valence-corrected chi connectivity index (χ3v) is 3.26. The lowest BCUT2D eigenvalue weighted by Crippen LogP contribution is -2.29. The van der Waals surface area contributed by atoms with Crippen molar-refractivity contribution in [3.63, 3.8) is 0 Å². The van der Waals surface area contributed by atoms with Gasteiger partial charge in [0.05, 0.1) is 6.04 Å². The molecular weight excluding hydrogens is 240 g/mol. The minimum atomic E-state index is -0.139. The molecule has 2 rings (SSSR count). The van der Waals surface area contributed by atoms with E-state index < -0.39 is 0 Å². The maximum atomic E-state index is 11.6. The number of H-pyrrole nitrogens is 1. The molecule has 0 spiro atoms. The van der Waals surface area contributed by atoms with Crippen molar-refractivity contribution in [3.8, 4) is 0 Å². The minimum Gasteiger partial charge on any atom is -0.318 e. The average molecular weight is 260 g/mol. The average Bonchev–Trinajstić information content (AvgIpc) is 2.85. The van der Waals surface area contributed by atoms with Gasteiger partial charge in [0.1, 0.15) is 6.33 Å². The lowest BCUT2D eigenvalue weighted by molar-refractivity contribution is 0.425. The molecule has 0 bridgehead atoms. The van der Waals surface area contributed by atoms with Crippen molar-refractivity contribution in [1.29, 1.82) is 0 Å². The van der Waals surface area contributed by atoms with Crippen LogP contribution in [0, 0.1) is 0 Å². The molecule has 5 heteroatoms. The molecule has 1 heterocycles. The van der Waals surface area contributed by atoms with Gasteiger partial charge >= 0.3 is 5.69 Å². The van der Waals surface area contributed by atoms with Crippen LogP contribution in [0.4, 0.5) is 0 Å². The van der Waals surface area contributed by atoms with Gasteiger partial charge < -0.3 is 5.32 Å². The molecule has 5 nitrogen and oxygen atoms in total. The SMILES string of the molecule is CNCC(CCCc1ccccc1)n1cn[nH]c1=O. The Labute approximate surface area is 112 Å². The number of hydrogen-bond acceptors (Lipinski definition) is 3. The van der Waals surface area contributed by atoms with Gasteiger partial charge in [0, 0.05) is 6.54 Å². The Hall–Kier alpha value is -1.88. The summed E-state index contributed by atoms with van der Waals surface area (Å²) in [6.45, 7) is 0.772. The highest BCUT2D eigenvalue weighted by Crippen LogP contribution is 2.13. The second-order valence-electron chi connectivity index (χ2n) is 4.66. The molecule has 2 N–H and O–H groups in total. The fourth-order valence-corrected chi connectivity index (χ4v) is 2.28. The largest absolute Gasteiger partial charge is 0.343 e.